The van der Waals surface area contributed by atoms with Crippen molar-refractivity contribution in [2.45, 2.75) is 66.2 Å². The summed E-state index contributed by atoms with van der Waals surface area (Å²) in [5.74, 6) is 0.898. The molecule has 2 saturated carbocycles. The van der Waals surface area contributed by atoms with Gasteiger partial charge in [-0.25, -0.2) is 0 Å². The van der Waals surface area contributed by atoms with E-state index in [1.54, 1.807) is 5.57 Å². The van der Waals surface area contributed by atoms with Crippen molar-refractivity contribution in [1.29, 1.82) is 0 Å². The van der Waals surface area contributed by atoms with Crippen LogP contribution in [0.3, 0.4) is 0 Å². The molecule has 0 spiro atoms. The molecular formula is C20H30O2. The summed E-state index contributed by atoms with van der Waals surface area (Å²) in [4.78, 5) is 11.9. The van der Waals surface area contributed by atoms with Crippen molar-refractivity contribution < 1.29 is 9.90 Å². The van der Waals surface area contributed by atoms with Gasteiger partial charge < -0.3 is 5.11 Å². The van der Waals surface area contributed by atoms with Crippen LogP contribution in [0, 0.1) is 28.6 Å². The van der Waals surface area contributed by atoms with Crippen LogP contribution in [-0.4, -0.2) is 11.1 Å². The lowest BCUT2D eigenvalue weighted by atomic mass is 9.46. The molecule has 2 heteroatoms. The zero-order valence-electron chi connectivity index (χ0n) is 14.5. The van der Waals surface area contributed by atoms with Crippen LogP contribution in [0.1, 0.15) is 66.2 Å². The fourth-order valence-corrected chi connectivity index (χ4v) is 5.67. The Balaban J connectivity index is 1.95. The summed E-state index contributed by atoms with van der Waals surface area (Å²) in [6, 6.07) is 0. The number of hydrogen-bond donors (Lipinski definition) is 1. The van der Waals surface area contributed by atoms with Crippen LogP contribution in [0.4, 0.5) is 0 Å². The first-order valence-electron chi connectivity index (χ1n) is 8.93. The summed E-state index contributed by atoms with van der Waals surface area (Å²) in [6.45, 7) is 8.91. The van der Waals surface area contributed by atoms with Gasteiger partial charge in [0.2, 0.25) is 0 Å². The summed E-state index contributed by atoms with van der Waals surface area (Å²) in [6.07, 6.45) is 11.2. The Labute approximate surface area is 134 Å². The van der Waals surface area contributed by atoms with Crippen molar-refractivity contribution >= 4 is 5.97 Å². The van der Waals surface area contributed by atoms with Gasteiger partial charge >= 0.3 is 5.97 Å². The number of rotatable bonds is 2. The lowest BCUT2D eigenvalue weighted by Crippen LogP contribution is -2.53. The average molecular weight is 302 g/mol. The van der Waals surface area contributed by atoms with E-state index < -0.39 is 11.4 Å². The number of allylic oxidation sites excluding steroid dienone is 4. The fraction of sp³-hybridized carbons (Fsp3) is 0.750. The summed E-state index contributed by atoms with van der Waals surface area (Å²) < 4.78 is 0. The molecule has 0 aromatic heterocycles. The van der Waals surface area contributed by atoms with Gasteiger partial charge in [0.15, 0.2) is 0 Å². The van der Waals surface area contributed by atoms with E-state index in [4.69, 9.17) is 0 Å². The summed E-state index contributed by atoms with van der Waals surface area (Å²) in [5.41, 5.74) is 2.71. The third kappa shape index (κ3) is 2.18. The molecule has 3 aliphatic rings. The van der Waals surface area contributed by atoms with Crippen molar-refractivity contribution in [1.82, 2.24) is 0 Å². The SMILES string of the molecule is CC(C)C1=CCC2C(=C1)CCC1[C@@]2(C)CCC[C@]1(C)C(=O)O. The zero-order chi connectivity index (χ0) is 16.1. The van der Waals surface area contributed by atoms with Gasteiger partial charge in [-0.3, -0.25) is 4.79 Å². The molecule has 0 amide bonds. The predicted molar refractivity (Wildman–Crippen MR) is 89.5 cm³/mol. The molecule has 0 bridgehead atoms. The van der Waals surface area contributed by atoms with Crippen LogP contribution in [0.2, 0.25) is 0 Å². The quantitative estimate of drug-likeness (QED) is 0.760. The minimum absolute atomic E-state index is 0.161. The number of carboxylic acid groups (broad SMARTS) is 1. The average Bonchev–Trinajstić information content (AvgIpc) is 2.46. The molecule has 3 rings (SSSR count). The van der Waals surface area contributed by atoms with Gasteiger partial charge in [0.05, 0.1) is 5.41 Å². The molecule has 2 nitrogen and oxygen atoms in total. The molecule has 0 aromatic carbocycles. The topological polar surface area (TPSA) is 37.3 Å². The van der Waals surface area contributed by atoms with Gasteiger partial charge in [-0.1, -0.05) is 44.9 Å². The van der Waals surface area contributed by atoms with Crippen LogP contribution in [0.5, 0.6) is 0 Å². The van der Waals surface area contributed by atoms with E-state index in [1.807, 2.05) is 6.92 Å². The van der Waals surface area contributed by atoms with E-state index in [0.29, 0.717) is 17.8 Å². The Bertz CT molecular complexity index is 542. The van der Waals surface area contributed by atoms with Gasteiger partial charge in [-0.15, -0.1) is 0 Å². The molecule has 2 fully saturated rings. The van der Waals surface area contributed by atoms with Crippen molar-refractivity contribution in [3.8, 4) is 0 Å². The highest BCUT2D eigenvalue weighted by atomic mass is 16.4. The highest BCUT2D eigenvalue weighted by Crippen LogP contribution is 2.62. The Morgan fingerprint density at radius 3 is 2.68 bits per heavy atom. The molecule has 0 radical (unpaired) electrons. The Morgan fingerprint density at radius 1 is 1.32 bits per heavy atom. The van der Waals surface area contributed by atoms with Crippen molar-refractivity contribution in [3.63, 3.8) is 0 Å². The van der Waals surface area contributed by atoms with Crippen LogP contribution in [0.25, 0.3) is 0 Å². The molecule has 1 N–H and O–H groups in total. The lowest BCUT2D eigenvalue weighted by molar-refractivity contribution is -0.164. The second-order valence-corrected chi connectivity index (χ2v) is 8.54. The summed E-state index contributed by atoms with van der Waals surface area (Å²) in [7, 11) is 0. The molecule has 22 heavy (non-hydrogen) atoms. The molecule has 0 aromatic rings. The van der Waals surface area contributed by atoms with E-state index in [1.165, 1.54) is 12.0 Å². The second-order valence-electron chi connectivity index (χ2n) is 8.54. The normalized spacial score (nSPS) is 41.3. The maximum atomic E-state index is 11.9. The van der Waals surface area contributed by atoms with E-state index in [0.717, 1.165) is 32.1 Å². The maximum absolute atomic E-state index is 11.9. The first kappa shape index (κ1) is 15.8. The Morgan fingerprint density at radius 2 is 2.05 bits per heavy atom. The van der Waals surface area contributed by atoms with Crippen molar-refractivity contribution in [3.05, 3.63) is 23.3 Å². The van der Waals surface area contributed by atoms with Crippen LogP contribution < -0.4 is 0 Å². The number of carbonyl (C=O) groups is 1. The standard InChI is InChI=1S/C20H30O2/c1-13(2)14-6-8-16-15(12-14)7-9-17-19(16,3)10-5-11-20(17,4)18(21)22/h6,12-13,16-17H,5,7-11H2,1-4H3,(H,21,22)/t16?,17?,19-,20-/m0/s1. The number of fused-ring (bicyclic) bond motifs is 3. The van der Waals surface area contributed by atoms with Crippen LogP contribution >= 0.6 is 0 Å². The molecule has 4 atom stereocenters. The van der Waals surface area contributed by atoms with Crippen LogP contribution in [-0.2, 0) is 4.79 Å². The molecule has 3 aliphatic carbocycles. The monoisotopic (exact) mass is 302 g/mol. The largest absolute Gasteiger partial charge is 0.481 e. The Kier molecular flexibility index (Phi) is 3.78. The van der Waals surface area contributed by atoms with E-state index in [2.05, 4.69) is 32.9 Å². The van der Waals surface area contributed by atoms with Gasteiger partial charge in [0.1, 0.15) is 0 Å². The summed E-state index contributed by atoms with van der Waals surface area (Å²) >= 11 is 0. The first-order chi connectivity index (χ1) is 10.3. The number of carboxylic acids is 1. The molecule has 0 heterocycles. The molecular weight excluding hydrogens is 272 g/mol. The van der Waals surface area contributed by atoms with E-state index in [-0.39, 0.29) is 5.41 Å². The summed E-state index contributed by atoms with van der Waals surface area (Å²) in [5, 5.41) is 9.84. The maximum Gasteiger partial charge on any atom is 0.309 e. The highest BCUT2D eigenvalue weighted by molar-refractivity contribution is 5.75. The van der Waals surface area contributed by atoms with Crippen molar-refractivity contribution in [2.24, 2.45) is 28.6 Å². The Hall–Kier alpha value is -1.05. The third-order valence-corrected chi connectivity index (χ3v) is 7.04. The highest BCUT2D eigenvalue weighted by Gasteiger charge is 2.57. The van der Waals surface area contributed by atoms with Gasteiger partial charge in [0.25, 0.3) is 0 Å². The third-order valence-electron chi connectivity index (χ3n) is 7.04. The smallest absolute Gasteiger partial charge is 0.309 e. The van der Waals surface area contributed by atoms with Gasteiger partial charge in [-0.05, 0) is 67.8 Å². The van der Waals surface area contributed by atoms with Gasteiger partial charge in [-0.2, -0.15) is 0 Å². The van der Waals surface area contributed by atoms with Crippen LogP contribution in [0.15, 0.2) is 23.3 Å². The lowest BCUT2D eigenvalue weighted by Gasteiger charge is -2.57. The van der Waals surface area contributed by atoms with Crippen molar-refractivity contribution in [2.75, 3.05) is 0 Å². The molecule has 0 saturated heterocycles. The second kappa shape index (κ2) is 5.25. The fourth-order valence-electron chi connectivity index (χ4n) is 5.67. The van der Waals surface area contributed by atoms with Gasteiger partial charge in [0, 0.05) is 0 Å². The zero-order valence-corrected chi connectivity index (χ0v) is 14.5. The first-order valence-corrected chi connectivity index (χ1v) is 8.93. The van der Waals surface area contributed by atoms with E-state index in [9.17, 15) is 9.90 Å². The minimum atomic E-state index is -0.579. The van der Waals surface area contributed by atoms with E-state index >= 15 is 0 Å². The molecule has 2 unspecified atom stereocenters. The predicted octanol–water partition coefficient (Wildman–Crippen LogP) is 5.21. The molecule has 122 valence electrons. The number of aliphatic carboxylic acids is 1. The molecule has 0 aliphatic heterocycles. The minimum Gasteiger partial charge on any atom is -0.481 e. The number of hydrogen-bond acceptors (Lipinski definition) is 1.